The van der Waals surface area contributed by atoms with Crippen molar-refractivity contribution in [2.24, 2.45) is 0 Å². The monoisotopic (exact) mass is 449 g/mol. The van der Waals surface area contributed by atoms with Crippen LogP contribution in [0.4, 0.5) is 5.13 Å². The molecule has 0 bridgehead atoms. The summed E-state index contributed by atoms with van der Waals surface area (Å²) < 4.78 is 25.9. The standard InChI is InChI=1S/C20H20ClN3O3S2/c1-12-5-6-13(2)15(9-12)17-11-28-20(22-17)23-19(25)14-7-8-16(21)18(10-14)29(26,27)24(3)4/h5-11H,1-4H3,(H,22,23,25). The van der Waals surface area contributed by atoms with E-state index in [1.165, 1.54) is 43.6 Å². The Kier molecular flexibility index (Phi) is 6.09. The maximum atomic E-state index is 12.6. The van der Waals surface area contributed by atoms with Crippen molar-refractivity contribution in [2.45, 2.75) is 18.7 Å². The van der Waals surface area contributed by atoms with Crippen molar-refractivity contribution in [3.05, 3.63) is 63.5 Å². The normalized spacial score (nSPS) is 11.7. The maximum Gasteiger partial charge on any atom is 0.257 e. The molecule has 1 N–H and O–H groups in total. The minimum Gasteiger partial charge on any atom is -0.298 e. The fourth-order valence-electron chi connectivity index (χ4n) is 2.67. The van der Waals surface area contributed by atoms with E-state index in [9.17, 15) is 13.2 Å². The number of carbonyl (C=O) groups is 1. The minimum absolute atomic E-state index is 0.0571. The largest absolute Gasteiger partial charge is 0.298 e. The predicted molar refractivity (Wildman–Crippen MR) is 117 cm³/mol. The van der Waals surface area contributed by atoms with Crippen LogP contribution in [0.15, 0.2) is 46.7 Å². The molecule has 0 spiro atoms. The Balaban J connectivity index is 1.87. The molecule has 2 aromatic carbocycles. The highest BCUT2D eigenvalue weighted by molar-refractivity contribution is 7.89. The number of thiazole rings is 1. The summed E-state index contributed by atoms with van der Waals surface area (Å²) in [5.74, 6) is -0.460. The van der Waals surface area contributed by atoms with Gasteiger partial charge in [0.15, 0.2) is 5.13 Å². The lowest BCUT2D eigenvalue weighted by Crippen LogP contribution is -2.23. The molecule has 0 aliphatic rings. The SMILES string of the molecule is Cc1ccc(C)c(-c2csc(NC(=O)c3ccc(Cl)c(S(=O)(=O)N(C)C)c3)n2)c1. The Hall–Kier alpha value is -2.26. The summed E-state index contributed by atoms with van der Waals surface area (Å²) in [5.41, 5.74) is 4.18. The summed E-state index contributed by atoms with van der Waals surface area (Å²) in [5, 5.41) is 5.09. The number of halogens is 1. The summed E-state index contributed by atoms with van der Waals surface area (Å²) in [6.07, 6.45) is 0. The molecule has 0 fully saturated rings. The highest BCUT2D eigenvalue weighted by Crippen LogP contribution is 2.29. The zero-order chi connectivity index (χ0) is 21.3. The van der Waals surface area contributed by atoms with Crippen LogP contribution in [0.25, 0.3) is 11.3 Å². The summed E-state index contributed by atoms with van der Waals surface area (Å²) in [4.78, 5) is 17.0. The van der Waals surface area contributed by atoms with Crippen molar-refractivity contribution in [2.75, 3.05) is 19.4 Å². The van der Waals surface area contributed by atoms with Gasteiger partial charge in [-0.15, -0.1) is 11.3 Å². The van der Waals surface area contributed by atoms with E-state index in [1.807, 2.05) is 37.4 Å². The number of aromatic nitrogens is 1. The topological polar surface area (TPSA) is 79.4 Å². The van der Waals surface area contributed by atoms with Gasteiger partial charge in [0.05, 0.1) is 10.7 Å². The molecular weight excluding hydrogens is 430 g/mol. The smallest absolute Gasteiger partial charge is 0.257 e. The van der Waals surface area contributed by atoms with Crippen molar-refractivity contribution in [3.8, 4) is 11.3 Å². The van der Waals surface area contributed by atoms with E-state index in [4.69, 9.17) is 11.6 Å². The minimum atomic E-state index is -3.77. The van der Waals surface area contributed by atoms with Crippen molar-refractivity contribution < 1.29 is 13.2 Å². The third-order valence-electron chi connectivity index (χ3n) is 4.35. The summed E-state index contributed by atoms with van der Waals surface area (Å²) in [6, 6.07) is 10.3. The lowest BCUT2D eigenvalue weighted by Gasteiger charge is -2.13. The summed E-state index contributed by atoms with van der Waals surface area (Å²) >= 11 is 7.34. The van der Waals surface area contributed by atoms with Gasteiger partial charge in [0, 0.05) is 30.6 Å². The molecule has 29 heavy (non-hydrogen) atoms. The molecule has 1 amide bonds. The number of aryl methyl sites for hydroxylation is 2. The van der Waals surface area contributed by atoms with E-state index >= 15 is 0 Å². The number of anilines is 1. The molecule has 6 nitrogen and oxygen atoms in total. The van der Waals surface area contributed by atoms with E-state index in [0.717, 1.165) is 26.7 Å². The van der Waals surface area contributed by atoms with Gasteiger partial charge in [-0.2, -0.15) is 0 Å². The van der Waals surface area contributed by atoms with Gasteiger partial charge in [-0.1, -0.05) is 29.3 Å². The fourth-order valence-corrected chi connectivity index (χ4v) is 4.77. The van der Waals surface area contributed by atoms with Crippen LogP contribution in [0, 0.1) is 13.8 Å². The van der Waals surface area contributed by atoms with Gasteiger partial charge in [0.2, 0.25) is 10.0 Å². The first-order valence-corrected chi connectivity index (χ1v) is 11.4. The van der Waals surface area contributed by atoms with E-state index < -0.39 is 15.9 Å². The van der Waals surface area contributed by atoms with Crippen molar-refractivity contribution in [1.29, 1.82) is 0 Å². The van der Waals surface area contributed by atoms with Gasteiger partial charge in [-0.05, 0) is 43.7 Å². The van der Waals surface area contributed by atoms with Crippen molar-refractivity contribution in [1.82, 2.24) is 9.29 Å². The zero-order valence-corrected chi connectivity index (χ0v) is 18.7. The van der Waals surface area contributed by atoms with Gasteiger partial charge in [0.1, 0.15) is 4.90 Å². The molecule has 0 unspecified atom stereocenters. The number of hydrogen-bond acceptors (Lipinski definition) is 5. The molecule has 0 radical (unpaired) electrons. The third kappa shape index (κ3) is 4.51. The Morgan fingerprint density at radius 2 is 1.86 bits per heavy atom. The second-order valence-corrected chi connectivity index (χ2v) is 10.1. The van der Waals surface area contributed by atoms with Crippen LogP contribution in [0.5, 0.6) is 0 Å². The second-order valence-electron chi connectivity index (χ2n) is 6.74. The molecule has 0 saturated heterocycles. The number of hydrogen-bond donors (Lipinski definition) is 1. The Morgan fingerprint density at radius 3 is 2.55 bits per heavy atom. The highest BCUT2D eigenvalue weighted by Gasteiger charge is 2.22. The molecule has 3 aromatic rings. The van der Waals surface area contributed by atoms with Crippen LogP contribution >= 0.6 is 22.9 Å². The molecule has 1 aromatic heterocycles. The van der Waals surface area contributed by atoms with Crippen LogP contribution in [0.3, 0.4) is 0 Å². The van der Waals surface area contributed by atoms with Crippen LogP contribution in [-0.2, 0) is 10.0 Å². The van der Waals surface area contributed by atoms with Crippen LogP contribution in [-0.4, -0.2) is 37.7 Å². The fraction of sp³-hybridized carbons (Fsp3) is 0.200. The number of amides is 1. The number of nitrogens with one attached hydrogen (secondary N) is 1. The van der Waals surface area contributed by atoms with Crippen LogP contribution < -0.4 is 5.32 Å². The molecule has 0 saturated carbocycles. The van der Waals surface area contributed by atoms with E-state index in [1.54, 1.807) is 0 Å². The molecule has 0 atom stereocenters. The average molecular weight is 450 g/mol. The Morgan fingerprint density at radius 1 is 1.14 bits per heavy atom. The van der Waals surface area contributed by atoms with Gasteiger partial charge in [-0.3, -0.25) is 10.1 Å². The number of sulfonamides is 1. The molecule has 9 heteroatoms. The van der Waals surface area contributed by atoms with E-state index in [-0.39, 0.29) is 15.5 Å². The van der Waals surface area contributed by atoms with E-state index in [0.29, 0.717) is 5.13 Å². The average Bonchev–Trinajstić information content (AvgIpc) is 3.11. The van der Waals surface area contributed by atoms with Crippen LogP contribution in [0.2, 0.25) is 5.02 Å². The first kappa shape index (κ1) is 21.4. The second kappa shape index (κ2) is 8.23. The number of carbonyl (C=O) groups excluding carboxylic acids is 1. The third-order valence-corrected chi connectivity index (χ3v) is 7.40. The van der Waals surface area contributed by atoms with Gasteiger partial charge < -0.3 is 0 Å². The Labute approximate surface area is 179 Å². The van der Waals surface area contributed by atoms with Crippen molar-refractivity contribution in [3.63, 3.8) is 0 Å². The zero-order valence-electron chi connectivity index (χ0n) is 16.4. The highest BCUT2D eigenvalue weighted by atomic mass is 35.5. The number of rotatable bonds is 5. The molecule has 1 heterocycles. The number of benzene rings is 2. The molecule has 3 rings (SSSR count). The first-order valence-electron chi connectivity index (χ1n) is 8.66. The van der Waals surface area contributed by atoms with Crippen LogP contribution in [0.1, 0.15) is 21.5 Å². The van der Waals surface area contributed by atoms with Gasteiger partial charge >= 0.3 is 0 Å². The number of nitrogens with zero attached hydrogens (tertiary/aromatic N) is 2. The van der Waals surface area contributed by atoms with Gasteiger partial charge in [0.25, 0.3) is 5.91 Å². The summed E-state index contributed by atoms with van der Waals surface area (Å²) in [6.45, 7) is 4.02. The Bertz CT molecular complexity index is 1190. The molecule has 0 aliphatic heterocycles. The quantitative estimate of drug-likeness (QED) is 0.618. The maximum absolute atomic E-state index is 12.6. The van der Waals surface area contributed by atoms with Crippen molar-refractivity contribution >= 4 is 44.0 Å². The molecular formula is C20H20ClN3O3S2. The lowest BCUT2D eigenvalue weighted by molar-refractivity contribution is 0.102. The van der Waals surface area contributed by atoms with E-state index in [2.05, 4.69) is 10.3 Å². The molecule has 0 aliphatic carbocycles. The summed E-state index contributed by atoms with van der Waals surface area (Å²) in [7, 11) is -0.958. The lowest BCUT2D eigenvalue weighted by atomic mass is 10.0. The predicted octanol–water partition coefficient (Wildman–Crippen LogP) is 4.58. The van der Waals surface area contributed by atoms with Gasteiger partial charge in [-0.25, -0.2) is 17.7 Å². The first-order chi connectivity index (χ1) is 13.6. The molecule has 152 valence electrons.